The summed E-state index contributed by atoms with van der Waals surface area (Å²) in [6, 6.07) is 0. The van der Waals surface area contributed by atoms with Crippen molar-refractivity contribution in [3.63, 3.8) is 0 Å². The van der Waals surface area contributed by atoms with E-state index >= 15 is 0 Å². The Bertz CT molecular complexity index is 126. The highest BCUT2D eigenvalue weighted by Crippen LogP contribution is 2.18. The first kappa shape index (κ1) is 6.96. The van der Waals surface area contributed by atoms with Crippen molar-refractivity contribution in [1.29, 1.82) is 0 Å². The Kier molecular flexibility index (Phi) is 2.03. The second-order valence-electron chi connectivity index (χ2n) is 2.42. The van der Waals surface area contributed by atoms with Crippen molar-refractivity contribution >= 4 is 17.2 Å². The van der Waals surface area contributed by atoms with E-state index < -0.39 is 0 Å². The maximum absolute atomic E-state index is 5.37. The van der Waals surface area contributed by atoms with Crippen LogP contribution >= 0.6 is 12.2 Å². The van der Waals surface area contributed by atoms with E-state index in [-0.39, 0.29) is 6.10 Å². The number of thiocarbonyl (C=S) groups is 1. The molecule has 1 heterocycles. The quantitative estimate of drug-likeness (QED) is 0.555. The number of hydrogen-bond donors (Lipinski definition) is 1. The van der Waals surface area contributed by atoms with E-state index in [9.17, 15) is 0 Å². The molecule has 52 valence electrons. The van der Waals surface area contributed by atoms with Crippen molar-refractivity contribution in [1.82, 2.24) is 0 Å². The maximum Gasteiger partial charge on any atom is 0.108 e. The van der Waals surface area contributed by atoms with Gasteiger partial charge in [0.15, 0.2) is 0 Å². The lowest BCUT2D eigenvalue weighted by Crippen LogP contribution is -2.26. The third kappa shape index (κ3) is 1.63. The van der Waals surface area contributed by atoms with Crippen LogP contribution in [0.25, 0.3) is 0 Å². The molecule has 9 heavy (non-hydrogen) atoms. The molecule has 2 N–H and O–H groups in total. The fourth-order valence-electron chi connectivity index (χ4n) is 1.01. The molecule has 3 heteroatoms. The number of ether oxygens (including phenoxy) is 1. The van der Waals surface area contributed by atoms with Gasteiger partial charge in [-0.25, -0.2) is 0 Å². The minimum Gasteiger partial charge on any atom is -0.391 e. The maximum atomic E-state index is 5.37. The third-order valence-corrected chi connectivity index (χ3v) is 1.81. The van der Waals surface area contributed by atoms with Crippen LogP contribution in [0.4, 0.5) is 0 Å². The highest BCUT2D eigenvalue weighted by Gasteiger charge is 2.23. The van der Waals surface area contributed by atoms with E-state index in [0.29, 0.717) is 11.1 Å². The van der Waals surface area contributed by atoms with E-state index in [1.54, 1.807) is 0 Å². The van der Waals surface area contributed by atoms with Gasteiger partial charge in [0.05, 0.1) is 6.10 Å². The standard InChI is InChI=1S/C6H11NOS/c1-4-2-3-5(8-4)6(7)9/h4-5H,2-3H2,1H3,(H2,7,9). The first-order valence-corrected chi connectivity index (χ1v) is 3.55. The fraction of sp³-hybridized carbons (Fsp3) is 0.833. The lowest BCUT2D eigenvalue weighted by Gasteiger charge is -2.07. The van der Waals surface area contributed by atoms with Crippen LogP contribution in [0.3, 0.4) is 0 Å². The summed E-state index contributed by atoms with van der Waals surface area (Å²) in [5, 5.41) is 0. The summed E-state index contributed by atoms with van der Waals surface area (Å²) in [7, 11) is 0. The second kappa shape index (κ2) is 2.62. The summed E-state index contributed by atoms with van der Waals surface area (Å²) < 4.78 is 5.36. The minimum atomic E-state index is 0.0509. The topological polar surface area (TPSA) is 35.2 Å². The Labute approximate surface area is 60.4 Å². The van der Waals surface area contributed by atoms with E-state index in [4.69, 9.17) is 22.7 Å². The molecule has 2 atom stereocenters. The van der Waals surface area contributed by atoms with Crippen molar-refractivity contribution in [2.24, 2.45) is 5.73 Å². The molecule has 0 radical (unpaired) electrons. The Morgan fingerprint density at radius 2 is 2.33 bits per heavy atom. The summed E-state index contributed by atoms with van der Waals surface area (Å²) in [4.78, 5) is 0.499. The molecule has 0 aliphatic carbocycles. The smallest absolute Gasteiger partial charge is 0.108 e. The molecular weight excluding hydrogens is 134 g/mol. The van der Waals surface area contributed by atoms with Crippen molar-refractivity contribution in [3.8, 4) is 0 Å². The molecule has 1 aliphatic rings. The van der Waals surface area contributed by atoms with Crippen molar-refractivity contribution in [2.45, 2.75) is 32.0 Å². The largest absolute Gasteiger partial charge is 0.391 e. The summed E-state index contributed by atoms with van der Waals surface area (Å²) in [5.74, 6) is 0. The summed E-state index contributed by atoms with van der Waals surface area (Å²) in [6.45, 7) is 2.04. The van der Waals surface area contributed by atoms with Gasteiger partial charge in [-0.15, -0.1) is 0 Å². The van der Waals surface area contributed by atoms with Gasteiger partial charge in [-0.2, -0.15) is 0 Å². The van der Waals surface area contributed by atoms with Crippen molar-refractivity contribution < 1.29 is 4.74 Å². The molecule has 2 nitrogen and oxygen atoms in total. The molecule has 2 unspecified atom stereocenters. The summed E-state index contributed by atoms with van der Waals surface area (Å²) in [6.07, 6.45) is 2.48. The van der Waals surface area contributed by atoms with Crippen LogP contribution in [0.2, 0.25) is 0 Å². The molecule has 0 spiro atoms. The van der Waals surface area contributed by atoms with Crippen LogP contribution in [-0.2, 0) is 4.74 Å². The SMILES string of the molecule is CC1CCC(C(N)=S)O1. The molecule has 0 bridgehead atoms. The molecule has 1 fully saturated rings. The van der Waals surface area contributed by atoms with Crippen LogP contribution in [-0.4, -0.2) is 17.2 Å². The Morgan fingerprint density at radius 1 is 1.67 bits per heavy atom. The van der Waals surface area contributed by atoms with Gasteiger partial charge in [0.2, 0.25) is 0 Å². The molecule has 1 rings (SSSR count). The van der Waals surface area contributed by atoms with Crippen LogP contribution in [0.5, 0.6) is 0 Å². The van der Waals surface area contributed by atoms with Gasteiger partial charge in [0, 0.05) is 0 Å². The molecule has 0 amide bonds. The first-order valence-electron chi connectivity index (χ1n) is 3.15. The van der Waals surface area contributed by atoms with E-state index in [0.717, 1.165) is 12.8 Å². The predicted molar refractivity (Wildman–Crippen MR) is 40.4 cm³/mol. The zero-order valence-electron chi connectivity index (χ0n) is 5.46. The van der Waals surface area contributed by atoms with Crippen LogP contribution < -0.4 is 5.73 Å². The van der Waals surface area contributed by atoms with Crippen LogP contribution in [0.15, 0.2) is 0 Å². The van der Waals surface area contributed by atoms with Gasteiger partial charge in [-0.05, 0) is 19.8 Å². The molecular formula is C6H11NOS. The minimum absolute atomic E-state index is 0.0509. The average molecular weight is 145 g/mol. The Hall–Kier alpha value is -0.150. The molecule has 0 saturated carbocycles. The van der Waals surface area contributed by atoms with Gasteiger partial charge >= 0.3 is 0 Å². The predicted octanol–water partition coefficient (Wildman–Crippen LogP) is 0.840. The van der Waals surface area contributed by atoms with E-state index in [1.807, 2.05) is 6.92 Å². The molecule has 0 aromatic rings. The lowest BCUT2D eigenvalue weighted by molar-refractivity contribution is 0.0943. The number of rotatable bonds is 1. The van der Waals surface area contributed by atoms with E-state index in [2.05, 4.69) is 0 Å². The summed E-state index contributed by atoms with van der Waals surface area (Å²) in [5.41, 5.74) is 5.37. The fourth-order valence-corrected chi connectivity index (χ4v) is 1.19. The lowest BCUT2D eigenvalue weighted by atomic mass is 10.2. The molecule has 1 saturated heterocycles. The Morgan fingerprint density at radius 3 is 2.56 bits per heavy atom. The van der Waals surface area contributed by atoms with Gasteiger partial charge in [0.25, 0.3) is 0 Å². The average Bonchev–Trinajstić information content (AvgIpc) is 2.14. The van der Waals surface area contributed by atoms with Crippen molar-refractivity contribution in [3.05, 3.63) is 0 Å². The molecule has 1 aliphatic heterocycles. The van der Waals surface area contributed by atoms with Gasteiger partial charge < -0.3 is 10.5 Å². The zero-order chi connectivity index (χ0) is 6.85. The normalized spacial score (nSPS) is 34.8. The highest BCUT2D eigenvalue weighted by atomic mass is 32.1. The Balaban J connectivity index is 2.39. The molecule has 0 aromatic heterocycles. The van der Waals surface area contributed by atoms with Crippen LogP contribution in [0.1, 0.15) is 19.8 Å². The first-order chi connectivity index (χ1) is 4.20. The highest BCUT2D eigenvalue weighted by molar-refractivity contribution is 7.80. The number of nitrogens with two attached hydrogens (primary N) is 1. The van der Waals surface area contributed by atoms with Gasteiger partial charge in [-0.1, -0.05) is 12.2 Å². The molecule has 0 aromatic carbocycles. The van der Waals surface area contributed by atoms with E-state index in [1.165, 1.54) is 0 Å². The second-order valence-corrected chi connectivity index (χ2v) is 2.89. The number of hydrogen-bond acceptors (Lipinski definition) is 2. The van der Waals surface area contributed by atoms with Gasteiger partial charge in [-0.3, -0.25) is 0 Å². The summed E-state index contributed by atoms with van der Waals surface area (Å²) >= 11 is 4.76. The third-order valence-electron chi connectivity index (χ3n) is 1.55. The van der Waals surface area contributed by atoms with Gasteiger partial charge in [0.1, 0.15) is 11.1 Å². The monoisotopic (exact) mass is 145 g/mol. The zero-order valence-corrected chi connectivity index (χ0v) is 6.28. The van der Waals surface area contributed by atoms with Crippen LogP contribution in [0, 0.1) is 0 Å². The van der Waals surface area contributed by atoms with Crippen molar-refractivity contribution in [2.75, 3.05) is 0 Å².